The Morgan fingerprint density at radius 3 is 2.11 bits per heavy atom. The minimum Gasteiger partial charge on any atom is -0.326 e. The fourth-order valence-corrected chi connectivity index (χ4v) is 2.12. The molecule has 0 amide bonds. The van der Waals surface area contributed by atoms with E-state index in [2.05, 4.69) is 55.5 Å². The van der Waals surface area contributed by atoms with E-state index < -0.39 is 0 Å². The summed E-state index contributed by atoms with van der Waals surface area (Å²) in [6.45, 7) is 3.40. The molecule has 0 heterocycles. The standard InChI is InChI=1S/C16H20N2/c1-12(15-7-5-13(10-17)6-8-15)16-4-2-3-14(9-16)11-18/h2-9,12H,10-11,17-18H2,1H3. The molecule has 94 valence electrons. The Morgan fingerprint density at radius 1 is 0.833 bits per heavy atom. The van der Waals surface area contributed by atoms with Crippen LogP contribution in [0.1, 0.15) is 35.1 Å². The number of hydrogen-bond acceptors (Lipinski definition) is 2. The molecule has 1 atom stereocenters. The highest BCUT2D eigenvalue weighted by Gasteiger charge is 2.08. The molecule has 0 aliphatic heterocycles. The van der Waals surface area contributed by atoms with Gasteiger partial charge in [-0.25, -0.2) is 0 Å². The van der Waals surface area contributed by atoms with Crippen molar-refractivity contribution in [2.45, 2.75) is 25.9 Å². The first kappa shape index (κ1) is 12.8. The Morgan fingerprint density at radius 2 is 1.50 bits per heavy atom. The Hall–Kier alpha value is -1.64. The van der Waals surface area contributed by atoms with Gasteiger partial charge in [-0.3, -0.25) is 0 Å². The predicted molar refractivity (Wildman–Crippen MR) is 76.2 cm³/mol. The number of hydrogen-bond donors (Lipinski definition) is 2. The van der Waals surface area contributed by atoms with E-state index in [9.17, 15) is 0 Å². The van der Waals surface area contributed by atoms with Gasteiger partial charge in [-0.05, 0) is 22.3 Å². The van der Waals surface area contributed by atoms with Crippen LogP contribution in [0.25, 0.3) is 0 Å². The molecular weight excluding hydrogens is 220 g/mol. The summed E-state index contributed by atoms with van der Waals surface area (Å²) in [4.78, 5) is 0. The zero-order chi connectivity index (χ0) is 13.0. The average Bonchev–Trinajstić information content (AvgIpc) is 2.46. The van der Waals surface area contributed by atoms with Gasteiger partial charge >= 0.3 is 0 Å². The van der Waals surface area contributed by atoms with E-state index >= 15 is 0 Å². The summed E-state index contributed by atoms with van der Waals surface area (Å²) in [5, 5.41) is 0. The van der Waals surface area contributed by atoms with E-state index in [1.54, 1.807) is 0 Å². The third-order valence-corrected chi connectivity index (χ3v) is 3.40. The molecule has 18 heavy (non-hydrogen) atoms. The minimum absolute atomic E-state index is 0.378. The second-order valence-electron chi connectivity index (χ2n) is 4.62. The molecule has 0 saturated carbocycles. The van der Waals surface area contributed by atoms with Gasteiger partial charge in [0, 0.05) is 19.0 Å². The van der Waals surface area contributed by atoms with Gasteiger partial charge in [-0.1, -0.05) is 55.5 Å². The van der Waals surface area contributed by atoms with Gasteiger partial charge in [0.25, 0.3) is 0 Å². The fraction of sp³-hybridized carbons (Fsp3) is 0.250. The summed E-state index contributed by atoms with van der Waals surface area (Å²) in [5.74, 6) is 0.378. The topological polar surface area (TPSA) is 52.0 Å². The van der Waals surface area contributed by atoms with Crippen LogP contribution in [0.5, 0.6) is 0 Å². The number of benzene rings is 2. The lowest BCUT2D eigenvalue weighted by molar-refractivity contribution is 0.910. The molecular formula is C16H20N2. The first-order chi connectivity index (χ1) is 8.74. The maximum atomic E-state index is 5.68. The van der Waals surface area contributed by atoms with E-state index in [1.807, 2.05) is 0 Å². The maximum Gasteiger partial charge on any atom is 0.0178 e. The van der Waals surface area contributed by atoms with Crippen LogP contribution in [-0.2, 0) is 13.1 Å². The molecule has 0 saturated heterocycles. The summed E-state index contributed by atoms with van der Waals surface area (Å²) in [5.41, 5.74) is 16.3. The zero-order valence-corrected chi connectivity index (χ0v) is 10.8. The molecule has 2 rings (SSSR count). The molecule has 0 aliphatic rings. The lowest BCUT2D eigenvalue weighted by Crippen LogP contribution is -2.01. The second-order valence-corrected chi connectivity index (χ2v) is 4.62. The second kappa shape index (κ2) is 5.80. The molecule has 2 heteroatoms. The summed E-state index contributed by atoms with van der Waals surface area (Å²) in [7, 11) is 0. The summed E-state index contributed by atoms with van der Waals surface area (Å²) < 4.78 is 0. The van der Waals surface area contributed by atoms with Crippen LogP contribution >= 0.6 is 0 Å². The van der Waals surface area contributed by atoms with Crippen LogP contribution in [0, 0.1) is 0 Å². The van der Waals surface area contributed by atoms with Crippen LogP contribution in [0.2, 0.25) is 0 Å². The van der Waals surface area contributed by atoms with Gasteiger partial charge in [-0.15, -0.1) is 0 Å². The van der Waals surface area contributed by atoms with Crippen molar-refractivity contribution in [3.63, 3.8) is 0 Å². The van der Waals surface area contributed by atoms with Gasteiger partial charge in [0.1, 0.15) is 0 Å². The van der Waals surface area contributed by atoms with Crippen LogP contribution in [0.4, 0.5) is 0 Å². The highest BCUT2D eigenvalue weighted by Crippen LogP contribution is 2.24. The van der Waals surface area contributed by atoms with Crippen molar-refractivity contribution in [3.8, 4) is 0 Å². The van der Waals surface area contributed by atoms with Crippen molar-refractivity contribution in [2.24, 2.45) is 11.5 Å². The van der Waals surface area contributed by atoms with E-state index in [0.717, 1.165) is 0 Å². The zero-order valence-electron chi connectivity index (χ0n) is 10.8. The first-order valence-corrected chi connectivity index (χ1v) is 6.32. The molecule has 2 aromatic carbocycles. The van der Waals surface area contributed by atoms with Crippen molar-refractivity contribution in [1.29, 1.82) is 0 Å². The van der Waals surface area contributed by atoms with E-state index in [1.165, 1.54) is 22.3 Å². The van der Waals surface area contributed by atoms with Crippen molar-refractivity contribution in [2.75, 3.05) is 0 Å². The predicted octanol–water partition coefficient (Wildman–Crippen LogP) is 2.76. The van der Waals surface area contributed by atoms with Crippen LogP contribution in [-0.4, -0.2) is 0 Å². The highest BCUT2D eigenvalue weighted by atomic mass is 14.5. The van der Waals surface area contributed by atoms with Crippen molar-refractivity contribution >= 4 is 0 Å². The van der Waals surface area contributed by atoms with Gasteiger partial charge in [-0.2, -0.15) is 0 Å². The van der Waals surface area contributed by atoms with Crippen molar-refractivity contribution in [3.05, 3.63) is 70.8 Å². The average molecular weight is 240 g/mol. The first-order valence-electron chi connectivity index (χ1n) is 6.32. The van der Waals surface area contributed by atoms with E-state index in [0.29, 0.717) is 19.0 Å². The smallest absolute Gasteiger partial charge is 0.0178 e. The van der Waals surface area contributed by atoms with Gasteiger partial charge in [0.2, 0.25) is 0 Å². The van der Waals surface area contributed by atoms with Crippen molar-refractivity contribution < 1.29 is 0 Å². The molecule has 0 radical (unpaired) electrons. The Labute approximate surface area is 109 Å². The SMILES string of the molecule is CC(c1ccc(CN)cc1)c1cccc(CN)c1. The maximum absolute atomic E-state index is 5.68. The third-order valence-electron chi connectivity index (χ3n) is 3.40. The molecule has 0 spiro atoms. The molecule has 1 unspecified atom stereocenters. The molecule has 2 nitrogen and oxygen atoms in total. The van der Waals surface area contributed by atoms with Crippen LogP contribution in [0.15, 0.2) is 48.5 Å². The molecule has 0 aliphatic carbocycles. The van der Waals surface area contributed by atoms with Crippen LogP contribution < -0.4 is 11.5 Å². The van der Waals surface area contributed by atoms with Gasteiger partial charge in [0.15, 0.2) is 0 Å². The normalized spacial score (nSPS) is 12.4. The number of nitrogens with two attached hydrogens (primary N) is 2. The van der Waals surface area contributed by atoms with Crippen molar-refractivity contribution in [1.82, 2.24) is 0 Å². The van der Waals surface area contributed by atoms with Crippen LogP contribution in [0.3, 0.4) is 0 Å². The molecule has 0 bridgehead atoms. The minimum atomic E-state index is 0.378. The monoisotopic (exact) mass is 240 g/mol. The lowest BCUT2D eigenvalue weighted by Gasteiger charge is -2.14. The van der Waals surface area contributed by atoms with Gasteiger partial charge < -0.3 is 11.5 Å². The molecule has 2 aromatic rings. The largest absolute Gasteiger partial charge is 0.326 e. The van der Waals surface area contributed by atoms with E-state index in [4.69, 9.17) is 11.5 Å². The lowest BCUT2D eigenvalue weighted by atomic mass is 9.91. The molecule has 0 fully saturated rings. The quantitative estimate of drug-likeness (QED) is 0.863. The third kappa shape index (κ3) is 2.78. The van der Waals surface area contributed by atoms with Gasteiger partial charge in [0.05, 0.1) is 0 Å². The summed E-state index contributed by atoms with van der Waals surface area (Å²) in [6, 6.07) is 17.0. The van der Waals surface area contributed by atoms with E-state index in [-0.39, 0.29) is 0 Å². The summed E-state index contributed by atoms with van der Waals surface area (Å²) in [6.07, 6.45) is 0. The number of rotatable bonds is 4. The Kier molecular flexibility index (Phi) is 4.13. The summed E-state index contributed by atoms with van der Waals surface area (Å²) >= 11 is 0. The highest BCUT2D eigenvalue weighted by molar-refractivity contribution is 5.35. The molecule has 4 N–H and O–H groups in total. The Bertz CT molecular complexity index is 503. The fourth-order valence-electron chi connectivity index (χ4n) is 2.12. The molecule has 0 aromatic heterocycles. The Balaban J connectivity index is 2.25.